The zero-order chi connectivity index (χ0) is 37.7. The van der Waals surface area contributed by atoms with E-state index in [4.69, 9.17) is 14.2 Å². The molecule has 0 bridgehead atoms. The smallest absolute Gasteiger partial charge is 0.407 e. The predicted molar refractivity (Wildman–Crippen MR) is 198 cm³/mol. The van der Waals surface area contributed by atoms with E-state index in [1.54, 1.807) is 14.0 Å². The number of esters is 1. The van der Waals surface area contributed by atoms with Gasteiger partial charge < -0.3 is 35.1 Å². The molecule has 0 saturated heterocycles. The van der Waals surface area contributed by atoms with Crippen LogP contribution in [0.2, 0.25) is 0 Å². The molecule has 2 aromatic carbocycles. The second-order valence-electron chi connectivity index (χ2n) is 15.3. The molecule has 0 spiro atoms. The van der Waals surface area contributed by atoms with Gasteiger partial charge in [0, 0.05) is 19.6 Å². The minimum absolute atomic E-state index is 0.0895. The van der Waals surface area contributed by atoms with Crippen molar-refractivity contribution in [2.24, 2.45) is 11.8 Å². The first-order valence-electron chi connectivity index (χ1n) is 18.3. The van der Waals surface area contributed by atoms with Crippen LogP contribution in [-0.4, -0.2) is 78.2 Å². The number of nitrogens with one attached hydrogen (secondary N) is 3. The quantitative estimate of drug-likeness (QED) is 0.156. The summed E-state index contributed by atoms with van der Waals surface area (Å²) >= 11 is 0. The number of alkyl carbamates (subject to hydrolysis) is 1. The highest BCUT2D eigenvalue weighted by Gasteiger charge is 2.40. The molecule has 0 aliphatic heterocycles. The van der Waals surface area contributed by atoms with Crippen LogP contribution in [-0.2, 0) is 36.9 Å². The lowest BCUT2D eigenvalue weighted by Gasteiger charge is -2.30. The van der Waals surface area contributed by atoms with Gasteiger partial charge in [0.15, 0.2) is 0 Å². The second kappa shape index (κ2) is 19.5. The van der Waals surface area contributed by atoms with Crippen LogP contribution < -0.4 is 20.7 Å². The number of aryl methyl sites for hydroxylation is 1. The highest BCUT2D eigenvalue weighted by atomic mass is 16.6. The molecule has 1 aliphatic carbocycles. The van der Waals surface area contributed by atoms with Gasteiger partial charge in [-0.3, -0.25) is 9.59 Å². The fourth-order valence-corrected chi connectivity index (χ4v) is 5.61. The molecule has 11 nitrogen and oxygen atoms in total. The molecule has 0 radical (unpaired) electrons. The number of rotatable bonds is 19. The number of carbonyl (C=O) groups excluding carboxylic acids is 4. The van der Waals surface area contributed by atoms with E-state index in [2.05, 4.69) is 16.0 Å². The molecule has 3 amide bonds. The third-order valence-electron chi connectivity index (χ3n) is 8.74. The van der Waals surface area contributed by atoms with E-state index in [1.807, 2.05) is 103 Å². The van der Waals surface area contributed by atoms with Crippen LogP contribution >= 0.6 is 0 Å². The zero-order valence-corrected chi connectivity index (χ0v) is 32.0. The van der Waals surface area contributed by atoms with Crippen molar-refractivity contribution in [2.75, 3.05) is 13.6 Å². The number of nitrogens with zero attached hydrogens (tertiary/aromatic N) is 1. The fourth-order valence-electron chi connectivity index (χ4n) is 5.61. The van der Waals surface area contributed by atoms with Crippen molar-refractivity contribution in [1.29, 1.82) is 0 Å². The number of benzene rings is 2. The van der Waals surface area contributed by atoms with Crippen LogP contribution in [0, 0.1) is 11.8 Å². The first-order valence-corrected chi connectivity index (χ1v) is 18.3. The van der Waals surface area contributed by atoms with Crippen molar-refractivity contribution in [3.8, 4) is 5.75 Å². The summed E-state index contributed by atoms with van der Waals surface area (Å²) in [4.78, 5) is 53.8. The van der Waals surface area contributed by atoms with Gasteiger partial charge in [-0.2, -0.15) is 0 Å². The third-order valence-corrected chi connectivity index (χ3v) is 8.74. The monoisotopic (exact) mass is 708 g/mol. The number of hydrogen-bond donors (Lipinski definition) is 3. The lowest BCUT2D eigenvalue weighted by atomic mass is 10.0. The van der Waals surface area contributed by atoms with Crippen molar-refractivity contribution in [1.82, 2.24) is 20.9 Å². The maximum atomic E-state index is 13.8. The van der Waals surface area contributed by atoms with Gasteiger partial charge in [-0.1, -0.05) is 62.4 Å². The first-order chi connectivity index (χ1) is 24.0. The largest absolute Gasteiger partial charge is 0.489 e. The molecule has 282 valence electrons. The molecule has 1 aliphatic rings. The summed E-state index contributed by atoms with van der Waals surface area (Å²) < 4.78 is 17.2. The second-order valence-corrected chi connectivity index (χ2v) is 15.3. The fraction of sp³-hybridized carbons (Fsp3) is 0.600. The predicted octanol–water partition coefficient (Wildman–Crippen LogP) is 5.79. The highest BCUT2D eigenvalue weighted by molar-refractivity contribution is 5.92. The third kappa shape index (κ3) is 14.6. The number of amides is 3. The summed E-state index contributed by atoms with van der Waals surface area (Å²) in [6.07, 6.45) is 2.99. The van der Waals surface area contributed by atoms with E-state index >= 15 is 0 Å². The molecule has 5 atom stereocenters. The van der Waals surface area contributed by atoms with E-state index < -0.39 is 41.7 Å². The number of likely N-dealkylation sites (N-methyl/N-ethyl adjacent to an activating group) is 1. The summed E-state index contributed by atoms with van der Waals surface area (Å²) in [7, 11) is 1.63. The molecule has 3 N–H and O–H groups in total. The van der Waals surface area contributed by atoms with E-state index in [0.29, 0.717) is 25.8 Å². The number of carbonyl (C=O) groups is 4. The molecule has 51 heavy (non-hydrogen) atoms. The van der Waals surface area contributed by atoms with Crippen molar-refractivity contribution in [3.63, 3.8) is 0 Å². The van der Waals surface area contributed by atoms with Gasteiger partial charge in [-0.05, 0) is 103 Å². The molecular weight excluding hydrogens is 648 g/mol. The molecule has 0 aromatic heterocycles. The molecule has 2 aromatic rings. The standard InChI is InChI=1S/C40H60N4O7/c1-26(2)23-33(38(47)49-25-30-15-11-10-12-16-30)43-36(45)29(5)44(9)37(46)35(32-21-22-32)41-24-28(4)50-34-18-14-13-17-31(34)20-19-27(3)42-39(48)51-40(6,7)8/h10-18,26-29,32-33,35,41H,19-25H2,1-9H3,(H,42,48)(H,43,45)/t27?,28-,29-,33-,35+/m1/s1. The Hall–Kier alpha value is -4.12. The summed E-state index contributed by atoms with van der Waals surface area (Å²) in [5.74, 6) is -0.0137. The van der Waals surface area contributed by atoms with Crippen molar-refractivity contribution < 1.29 is 33.4 Å². The molecule has 1 saturated carbocycles. The minimum Gasteiger partial charge on any atom is -0.489 e. The van der Waals surface area contributed by atoms with Gasteiger partial charge in [-0.25, -0.2) is 9.59 Å². The minimum atomic E-state index is -0.824. The van der Waals surface area contributed by atoms with Crippen molar-refractivity contribution in [3.05, 3.63) is 65.7 Å². The lowest BCUT2D eigenvalue weighted by molar-refractivity contribution is -0.150. The molecular formula is C40H60N4O7. The van der Waals surface area contributed by atoms with Crippen LogP contribution in [0.4, 0.5) is 4.79 Å². The normalized spacial score (nSPS) is 15.9. The lowest BCUT2D eigenvalue weighted by Crippen LogP contribution is -2.56. The summed E-state index contributed by atoms with van der Waals surface area (Å²) in [5.41, 5.74) is 1.33. The van der Waals surface area contributed by atoms with E-state index in [9.17, 15) is 19.2 Å². The Morgan fingerprint density at radius 3 is 2.18 bits per heavy atom. The maximum absolute atomic E-state index is 13.8. The Labute approximate surface area is 304 Å². The molecule has 11 heteroatoms. The van der Waals surface area contributed by atoms with Gasteiger partial charge in [0.05, 0.1) is 6.04 Å². The Morgan fingerprint density at radius 1 is 0.902 bits per heavy atom. The SMILES string of the molecule is CC(C)C[C@@H](NC(=O)[C@@H](C)N(C)C(=O)[C@@H](NC[C@@H](C)Oc1ccccc1CCC(C)NC(=O)OC(C)(C)C)C1CC1)C(=O)OCc1ccccc1. The van der Waals surface area contributed by atoms with Gasteiger partial charge in [-0.15, -0.1) is 0 Å². The number of ether oxygens (including phenoxy) is 3. The van der Waals surface area contributed by atoms with Crippen molar-refractivity contribution in [2.45, 2.75) is 130 Å². The van der Waals surface area contributed by atoms with Crippen LogP contribution in [0.3, 0.4) is 0 Å². The Bertz CT molecular complexity index is 1420. The Kier molecular flexibility index (Phi) is 15.8. The number of hydrogen-bond acceptors (Lipinski definition) is 8. The summed E-state index contributed by atoms with van der Waals surface area (Å²) in [6, 6.07) is 15.0. The Balaban J connectivity index is 1.54. The van der Waals surface area contributed by atoms with E-state index in [0.717, 1.165) is 29.7 Å². The number of para-hydroxylation sites is 1. The van der Waals surface area contributed by atoms with Gasteiger partial charge in [0.1, 0.15) is 36.1 Å². The maximum Gasteiger partial charge on any atom is 0.407 e. The van der Waals surface area contributed by atoms with Gasteiger partial charge in [0.25, 0.3) is 0 Å². The summed E-state index contributed by atoms with van der Waals surface area (Å²) in [6.45, 7) is 15.6. The molecule has 1 fully saturated rings. The van der Waals surface area contributed by atoms with Crippen LogP contribution in [0.5, 0.6) is 5.75 Å². The molecule has 1 unspecified atom stereocenters. The first kappa shape index (κ1) is 41.3. The topological polar surface area (TPSA) is 135 Å². The van der Waals surface area contributed by atoms with E-state index in [1.165, 1.54) is 4.90 Å². The Morgan fingerprint density at radius 2 is 1.55 bits per heavy atom. The average molecular weight is 709 g/mol. The van der Waals surface area contributed by atoms with Crippen LogP contribution in [0.1, 0.15) is 92.2 Å². The highest BCUT2D eigenvalue weighted by Crippen LogP contribution is 2.34. The van der Waals surface area contributed by atoms with Crippen molar-refractivity contribution >= 4 is 23.9 Å². The van der Waals surface area contributed by atoms with Gasteiger partial charge in [0.2, 0.25) is 11.8 Å². The zero-order valence-electron chi connectivity index (χ0n) is 32.0. The molecule has 3 rings (SSSR count). The van der Waals surface area contributed by atoms with Crippen LogP contribution in [0.25, 0.3) is 0 Å². The van der Waals surface area contributed by atoms with E-state index in [-0.39, 0.29) is 36.5 Å². The van der Waals surface area contributed by atoms with Gasteiger partial charge >= 0.3 is 12.1 Å². The summed E-state index contributed by atoms with van der Waals surface area (Å²) in [5, 5.41) is 9.16. The molecule has 0 heterocycles. The van der Waals surface area contributed by atoms with Crippen LogP contribution in [0.15, 0.2) is 54.6 Å². The average Bonchev–Trinajstić information content (AvgIpc) is 3.90.